The molecule has 2 heterocycles. The number of rotatable bonds is 3. The molecule has 102 valence electrons. The molecule has 0 saturated carbocycles. The van der Waals surface area contributed by atoms with Gasteiger partial charge in [0.05, 0.1) is 24.0 Å². The van der Waals surface area contributed by atoms with Gasteiger partial charge in [0.2, 0.25) is 5.82 Å². The molecule has 3 rings (SSSR count). The zero-order chi connectivity index (χ0) is 14.1. The summed E-state index contributed by atoms with van der Waals surface area (Å²) < 4.78 is 2.75. The lowest BCUT2D eigenvalue weighted by atomic mass is 10.3. The van der Waals surface area contributed by atoms with Gasteiger partial charge in [0, 0.05) is 5.02 Å². The van der Waals surface area contributed by atoms with Crippen molar-refractivity contribution in [1.82, 2.24) is 30.0 Å². The predicted octanol–water partition coefficient (Wildman–Crippen LogP) is 2.80. The highest BCUT2D eigenvalue weighted by Gasteiger charge is 2.15. The molecule has 20 heavy (non-hydrogen) atoms. The molecule has 0 fully saturated rings. The Labute approximate surface area is 133 Å². The van der Waals surface area contributed by atoms with Crippen molar-refractivity contribution in [3.05, 3.63) is 39.2 Å². The Morgan fingerprint density at radius 2 is 2.00 bits per heavy atom. The van der Waals surface area contributed by atoms with Gasteiger partial charge >= 0.3 is 0 Å². The van der Waals surface area contributed by atoms with Crippen LogP contribution >= 0.6 is 34.2 Å². The van der Waals surface area contributed by atoms with Crippen molar-refractivity contribution in [2.75, 3.05) is 0 Å². The Balaban J connectivity index is 2.02. The molecule has 0 unspecified atom stereocenters. The first-order valence-corrected chi connectivity index (χ1v) is 7.42. The lowest BCUT2D eigenvalue weighted by Crippen LogP contribution is -1.99. The van der Waals surface area contributed by atoms with E-state index in [0.29, 0.717) is 17.4 Å². The van der Waals surface area contributed by atoms with E-state index in [0.717, 1.165) is 15.0 Å². The fraction of sp³-hybridized carbons (Fsp3) is 0.167. The number of aryl methyl sites for hydroxylation is 1. The molecule has 0 aliphatic rings. The third kappa shape index (κ3) is 2.42. The van der Waals surface area contributed by atoms with Gasteiger partial charge in [0.1, 0.15) is 3.70 Å². The number of nitrogens with zero attached hydrogens (tertiary/aromatic N) is 6. The molecular formula is C12H10ClIN6. The highest BCUT2D eigenvalue weighted by molar-refractivity contribution is 14.1. The van der Waals surface area contributed by atoms with E-state index in [4.69, 9.17) is 11.6 Å². The molecule has 2 aromatic heterocycles. The Morgan fingerprint density at radius 3 is 2.65 bits per heavy atom. The number of hydrogen-bond donors (Lipinski definition) is 0. The smallest absolute Gasteiger partial charge is 0.209 e. The maximum Gasteiger partial charge on any atom is 0.209 e. The number of benzene rings is 1. The molecule has 6 nitrogen and oxygen atoms in total. The predicted molar refractivity (Wildman–Crippen MR) is 83.8 cm³/mol. The maximum atomic E-state index is 5.90. The van der Waals surface area contributed by atoms with Gasteiger partial charge < -0.3 is 0 Å². The standard InChI is InChI=1S/C12H10ClIN6/c1-2-19-17-12(16-18-19)10-7-15-20(11(10)14)9-5-3-8(13)4-6-9/h3-7H,2H2,1H3. The summed E-state index contributed by atoms with van der Waals surface area (Å²) in [6, 6.07) is 7.50. The summed E-state index contributed by atoms with van der Waals surface area (Å²) in [6.07, 6.45) is 1.74. The zero-order valence-electron chi connectivity index (χ0n) is 10.5. The quantitative estimate of drug-likeness (QED) is 0.634. The molecular weight excluding hydrogens is 391 g/mol. The Hall–Kier alpha value is -1.48. The molecule has 0 aliphatic carbocycles. The second kappa shape index (κ2) is 5.49. The van der Waals surface area contributed by atoms with Crippen LogP contribution in [0.25, 0.3) is 17.1 Å². The fourth-order valence-electron chi connectivity index (χ4n) is 1.73. The van der Waals surface area contributed by atoms with Gasteiger partial charge in [-0.3, -0.25) is 0 Å². The largest absolute Gasteiger partial charge is 0.227 e. The van der Waals surface area contributed by atoms with Crippen LogP contribution in [0.5, 0.6) is 0 Å². The molecule has 8 heteroatoms. The number of tetrazole rings is 1. The minimum absolute atomic E-state index is 0.580. The van der Waals surface area contributed by atoms with E-state index in [1.54, 1.807) is 11.0 Å². The summed E-state index contributed by atoms with van der Waals surface area (Å²) in [6.45, 7) is 2.66. The number of hydrogen-bond acceptors (Lipinski definition) is 4. The van der Waals surface area contributed by atoms with E-state index in [9.17, 15) is 0 Å². The number of aromatic nitrogens is 6. The summed E-state index contributed by atoms with van der Waals surface area (Å²) in [7, 11) is 0. The molecule has 1 aromatic carbocycles. The first-order valence-electron chi connectivity index (χ1n) is 5.96. The van der Waals surface area contributed by atoms with Crippen LogP contribution in [0.4, 0.5) is 0 Å². The van der Waals surface area contributed by atoms with E-state index in [-0.39, 0.29) is 0 Å². The van der Waals surface area contributed by atoms with Crippen LogP contribution < -0.4 is 0 Å². The minimum atomic E-state index is 0.580. The summed E-state index contributed by atoms with van der Waals surface area (Å²) in [4.78, 5) is 1.55. The first-order chi connectivity index (χ1) is 9.69. The highest BCUT2D eigenvalue weighted by atomic mass is 127. The van der Waals surface area contributed by atoms with Gasteiger partial charge in [0.15, 0.2) is 0 Å². The maximum absolute atomic E-state index is 5.90. The zero-order valence-corrected chi connectivity index (χ0v) is 13.4. The van der Waals surface area contributed by atoms with Crippen molar-refractivity contribution in [2.24, 2.45) is 0 Å². The van der Waals surface area contributed by atoms with Gasteiger partial charge in [-0.2, -0.15) is 9.90 Å². The van der Waals surface area contributed by atoms with Crippen molar-refractivity contribution >= 4 is 34.2 Å². The molecule has 3 aromatic rings. The average molecular weight is 401 g/mol. The van der Waals surface area contributed by atoms with Crippen LogP contribution in [-0.2, 0) is 6.54 Å². The van der Waals surface area contributed by atoms with Crippen LogP contribution in [0.1, 0.15) is 6.92 Å². The third-order valence-electron chi connectivity index (χ3n) is 2.76. The summed E-state index contributed by atoms with van der Waals surface area (Å²) >= 11 is 8.12. The lowest BCUT2D eigenvalue weighted by molar-refractivity contribution is 0.552. The van der Waals surface area contributed by atoms with Crippen molar-refractivity contribution < 1.29 is 0 Å². The van der Waals surface area contributed by atoms with E-state index in [1.165, 1.54) is 0 Å². The lowest BCUT2D eigenvalue weighted by Gasteiger charge is -2.03. The fourth-order valence-corrected chi connectivity index (χ4v) is 2.64. The van der Waals surface area contributed by atoms with Gasteiger partial charge in [0.25, 0.3) is 0 Å². The summed E-state index contributed by atoms with van der Waals surface area (Å²) in [5, 5.41) is 17.4. The third-order valence-corrected chi connectivity index (χ3v) is 4.05. The molecule has 0 aliphatic heterocycles. The monoisotopic (exact) mass is 400 g/mol. The number of halogens is 2. The van der Waals surface area contributed by atoms with Gasteiger partial charge in [-0.25, -0.2) is 4.68 Å². The second-order valence-electron chi connectivity index (χ2n) is 4.04. The van der Waals surface area contributed by atoms with Gasteiger partial charge in [-0.15, -0.1) is 10.2 Å². The Morgan fingerprint density at radius 1 is 1.25 bits per heavy atom. The molecule has 0 saturated heterocycles. The van der Waals surface area contributed by atoms with Gasteiger partial charge in [-0.05, 0) is 59.0 Å². The van der Waals surface area contributed by atoms with Crippen LogP contribution in [0, 0.1) is 3.70 Å². The molecule has 0 atom stereocenters. The van der Waals surface area contributed by atoms with Crippen molar-refractivity contribution in [3.63, 3.8) is 0 Å². The van der Waals surface area contributed by atoms with Crippen LogP contribution in [-0.4, -0.2) is 30.0 Å². The van der Waals surface area contributed by atoms with Crippen LogP contribution in [0.15, 0.2) is 30.5 Å². The van der Waals surface area contributed by atoms with Crippen LogP contribution in [0.2, 0.25) is 5.02 Å². The molecule has 0 N–H and O–H groups in total. The highest BCUT2D eigenvalue weighted by Crippen LogP contribution is 2.24. The minimum Gasteiger partial charge on any atom is -0.227 e. The first kappa shape index (κ1) is 13.5. The van der Waals surface area contributed by atoms with E-state index < -0.39 is 0 Å². The molecule has 0 radical (unpaired) electrons. The van der Waals surface area contributed by atoms with Crippen LogP contribution in [0.3, 0.4) is 0 Å². The second-order valence-corrected chi connectivity index (χ2v) is 5.50. The summed E-state index contributed by atoms with van der Waals surface area (Å²) in [5.41, 5.74) is 1.80. The van der Waals surface area contributed by atoms with Crippen molar-refractivity contribution in [3.8, 4) is 17.1 Å². The average Bonchev–Trinajstić information content (AvgIpc) is 3.06. The molecule has 0 bridgehead atoms. The Bertz CT molecular complexity index is 733. The Kier molecular flexibility index (Phi) is 3.70. The van der Waals surface area contributed by atoms with Gasteiger partial charge in [-0.1, -0.05) is 11.6 Å². The molecule has 0 amide bonds. The normalized spacial score (nSPS) is 10.9. The summed E-state index contributed by atoms with van der Waals surface area (Å²) in [5.74, 6) is 0.580. The molecule has 0 spiro atoms. The van der Waals surface area contributed by atoms with Crippen molar-refractivity contribution in [1.29, 1.82) is 0 Å². The van der Waals surface area contributed by atoms with E-state index in [1.807, 2.05) is 35.9 Å². The SMILES string of the molecule is CCn1nnc(-c2cnn(-c3ccc(Cl)cc3)c2I)n1. The van der Waals surface area contributed by atoms with E-state index >= 15 is 0 Å². The van der Waals surface area contributed by atoms with E-state index in [2.05, 4.69) is 43.1 Å². The van der Waals surface area contributed by atoms with Crippen molar-refractivity contribution in [2.45, 2.75) is 13.5 Å². The topological polar surface area (TPSA) is 61.4 Å².